The number of carbonyl (C=O) groups excluding carboxylic acids is 1. The summed E-state index contributed by atoms with van der Waals surface area (Å²) in [5.41, 5.74) is 0.445. The van der Waals surface area contributed by atoms with Gasteiger partial charge in [0.05, 0.1) is 12.7 Å². The van der Waals surface area contributed by atoms with Gasteiger partial charge in [-0.1, -0.05) is 6.07 Å². The number of hydrogen-bond donors (Lipinski definition) is 1. The SMILES string of the molecule is COC(=O)c1ccc(C)cc1S(=O)(=O)O.[PbH2]. The number of aryl methyl sites for hydroxylation is 1. The molecule has 0 spiro atoms. The number of rotatable bonds is 2. The van der Waals surface area contributed by atoms with Gasteiger partial charge in [0, 0.05) is 0 Å². The Labute approximate surface area is 114 Å². The van der Waals surface area contributed by atoms with E-state index >= 15 is 0 Å². The van der Waals surface area contributed by atoms with Crippen LogP contribution in [0.15, 0.2) is 23.1 Å². The van der Waals surface area contributed by atoms with Crippen LogP contribution in [0.25, 0.3) is 0 Å². The zero-order valence-corrected chi connectivity index (χ0v) is 15.2. The van der Waals surface area contributed by atoms with Gasteiger partial charge in [-0.25, -0.2) is 4.79 Å². The number of benzene rings is 1. The minimum absolute atomic E-state index is 0. The molecule has 0 heterocycles. The van der Waals surface area contributed by atoms with Gasteiger partial charge in [-0.05, 0) is 24.6 Å². The predicted octanol–water partition coefficient (Wildman–Crippen LogP) is 0.112. The van der Waals surface area contributed by atoms with Crippen LogP contribution in [0.2, 0.25) is 0 Å². The molecule has 88 valence electrons. The summed E-state index contributed by atoms with van der Waals surface area (Å²) in [7, 11) is -3.28. The predicted molar refractivity (Wildman–Crippen MR) is 60.9 cm³/mol. The molecular weight excluding hydrogens is 427 g/mol. The van der Waals surface area contributed by atoms with E-state index < -0.39 is 21.0 Å². The molecule has 0 amide bonds. The Morgan fingerprint density at radius 3 is 2.38 bits per heavy atom. The van der Waals surface area contributed by atoms with Gasteiger partial charge in [-0.3, -0.25) is 4.55 Å². The molecule has 1 aromatic rings. The van der Waals surface area contributed by atoms with E-state index in [0.29, 0.717) is 5.56 Å². The summed E-state index contributed by atoms with van der Waals surface area (Å²) >= 11 is 0. The summed E-state index contributed by atoms with van der Waals surface area (Å²) in [5, 5.41) is 0. The average Bonchev–Trinajstić information content (AvgIpc) is 2.15. The molecule has 1 N–H and O–H groups in total. The molecule has 1 aromatic carbocycles. The van der Waals surface area contributed by atoms with E-state index in [1.54, 1.807) is 13.0 Å². The molecule has 5 nitrogen and oxygen atoms in total. The van der Waals surface area contributed by atoms with Gasteiger partial charge in [0.15, 0.2) is 0 Å². The van der Waals surface area contributed by atoms with E-state index in [4.69, 9.17) is 4.55 Å². The average molecular weight is 439 g/mol. The molecule has 0 aliphatic heterocycles. The van der Waals surface area contributed by atoms with Crippen LogP contribution in [0.4, 0.5) is 0 Å². The third-order valence-electron chi connectivity index (χ3n) is 1.82. The van der Waals surface area contributed by atoms with Crippen molar-refractivity contribution >= 4 is 43.4 Å². The van der Waals surface area contributed by atoms with Crippen molar-refractivity contribution in [2.24, 2.45) is 0 Å². The van der Waals surface area contributed by atoms with E-state index in [9.17, 15) is 13.2 Å². The molecule has 0 atom stereocenters. The Kier molecular flexibility index (Phi) is 5.56. The Morgan fingerprint density at radius 1 is 1.38 bits per heavy atom. The maximum absolute atomic E-state index is 11.2. The van der Waals surface area contributed by atoms with Gasteiger partial charge >= 0.3 is 33.3 Å². The fourth-order valence-corrected chi connectivity index (χ4v) is 1.89. The molecule has 0 saturated carbocycles. The van der Waals surface area contributed by atoms with Crippen LogP contribution in [0.1, 0.15) is 15.9 Å². The third-order valence-corrected chi connectivity index (χ3v) is 2.71. The standard InChI is InChI=1S/C9H10O5S.Pb.2H/c1-6-3-4-7(9(10)14-2)8(5-6)15(11,12)13;;;/h3-5H,1-2H3,(H,11,12,13);;;. The van der Waals surface area contributed by atoms with E-state index in [1.165, 1.54) is 12.1 Å². The Hall–Kier alpha value is -0.478. The van der Waals surface area contributed by atoms with Crippen LogP contribution in [0.3, 0.4) is 0 Å². The zero-order valence-electron chi connectivity index (χ0n) is 8.93. The van der Waals surface area contributed by atoms with Crippen LogP contribution < -0.4 is 0 Å². The van der Waals surface area contributed by atoms with Crippen molar-refractivity contribution in [3.8, 4) is 0 Å². The second kappa shape index (κ2) is 5.73. The number of hydrogen-bond acceptors (Lipinski definition) is 4. The number of ether oxygens (including phenoxy) is 1. The first-order chi connectivity index (χ1) is 6.86. The first-order valence-electron chi connectivity index (χ1n) is 4.02. The fourth-order valence-electron chi connectivity index (χ4n) is 1.12. The van der Waals surface area contributed by atoms with Crippen molar-refractivity contribution in [2.75, 3.05) is 7.11 Å². The van der Waals surface area contributed by atoms with Crippen LogP contribution in [-0.4, -0.2) is 53.3 Å². The number of methoxy groups -OCH3 is 1. The second-order valence-corrected chi connectivity index (χ2v) is 4.36. The van der Waals surface area contributed by atoms with Gasteiger partial charge in [-0.2, -0.15) is 8.42 Å². The topological polar surface area (TPSA) is 80.7 Å². The van der Waals surface area contributed by atoms with Crippen molar-refractivity contribution < 1.29 is 22.5 Å². The molecule has 7 heteroatoms. The van der Waals surface area contributed by atoms with Gasteiger partial charge in [-0.15, -0.1) is 0 Å². The van der Waals surface area contributed by atoms with Crippen molar-refractivity contribution in [1.82, 2.24) is 0 Å². The molecule has 16 heavy (non-hydrogen) atoms. The van der Waals surface area contributed by atoms with Crippen LogP contribution >= 0.6 is 0 Å². The monoisotopic (exact) mass is 440 g/mol. The molecular formula is C9H12O5PbS. The summed E-state index contributed by atoms with van der Waals surface area (Å²) in [6, 6.07) is 4.06. The Morgan fingerprint density at radius 2 is 1.94 bits per heavy atom. The third kappa shape index (κ3) is 3.53. The molecule has 0 unspecified atom stereocenters. The number of carbonyl (C=O) groups is 1. The van der Waals surface area contributed by atoms with Crippen molar-refractivity contribution in [3.63, 3.8) is 0 Å². The zero-order chi connectivity index (χ0) is 11.6. The van der Waals surface area contributed by atoms with Crippen molar-refractivity contribution in [1.29, 1.82) is 0 Å². The molecule has 0 saturated heterocycles. The molecule has 2 radical (unpaired) electrons. The first kappa shape index (κ1) is 15.5. The minimum atomic E-state index is -4.41. The fraction of sp³-hybridized carbons (Fsp3) is 0.222. The van der Waals surface area contributed by atoms with Crippen molar-refractivity contribution in [3.05, 3.63) is 29.3 Å². The first-order valence-corrected chi connectivity index (χ1v) is 5.46. The summed E-state index contributed by atoms with van der Waals surface area (Å²) in [4.78, 5) is 10.8. The van der Waals surface area contributed by atoms with Crippen LogP contribution in [0.5, 0.6) is 0 Å². The van der Waals surface area contributed by atoms with Crippen LogP contribution in [0, 0.1) is 6.92 Å². The Bertz CT molecular complexity index is 495. The quantitative estimate of drug-likeness (QED) is 0.402. The van der Waals surface area contributed by atoms with Gasteiger partial charge in [0.1, 0.15) is 4.90 Å². The van der Waals surface area contributed by atoms with Crippen LogP contribution in [-0.2, 0) is 14.9 Å². The Balaban J connectivity index is 0.00000225. The normalized spacial score (nSPS) is 10.4. The van der Waals surface area contributed by atoms with E-state index in [0.717, 1.165) is 7.11 Å². The summed E-state index contributed by atoms with van der Waals surface area (Å²) in [6.45, 7) is 1.65. The van der Waals surface area contributed by atoms with Gasteiger partial charge in [0.25, 0.3) is 10.1 Å². The summed E-state index contributed by atoms with van der Waals surface area (Å²) < 4.78 is 35.2. The van der Waals surface area contributed by atoms with Crippen molar-refractivity contribution in [2.45, 2.75) is 11.8 Å². The number of esters is 1. The second-order valence-electron chi connectivity index (χ2n) is 2.97. The molecule has 1 rings (SSSR count). The van der Waals surface area contributed by atoms with E-state index in [-0.39, 0.29) is 32.9 Å². The molecule has 0 aliphatic carbocycles. The molecule has 0 bridgehead atoms. The summed E-state index contributed by atoms with van der Waals surface area (Å²) in [6.07, 6.45) is 0. The van der Waals surface area contributed by atoms with E-state index in [2.05, 4.69) is 4.74 Å². The maximum atomic E-state index is 11.2. The summed E-state index contributed by atoms with van der Waals surface area (Å²) in [5.74, 6) is -0.803. The molecule has 0 aromatic heterocycles. The van der Waals surface area contributed by atoms with Gasteiger partial charge in [0.2, 0.25) is 0 Å². The molecule has 0 aliphatic rings. The van der Waals surface area contributed by atoms with Gasteiger partial charge < -0.3 is 4.74 Å². The molecule has 0 fully saturated rings. The van der Waals surface area contributed by atoms with E-state index in [1.807, 2.05) is 0 Å².